The third-order valence-electron chi connectivity index (χ3n) is 3.06. The van der Waals surface area contributed by atoms with Gasteiger partial charge in [-0.1, -0.05) is 26.0 Å². The Morgan fingerprint density at radius 2 is 2.00 bits per heavy atom. The average molecular weight is 244 g/mol. The highest BCUT2D eigenvalue weighted by molar-refractivity contribution is 5.40. The number of rotatable bonds is 5. The van der Waals surface area contributed by atoms with Gasteiger partial charge in [-0.05, 0) is 30.0 Å². The minimum Gasteiger partial charge on any atom is -0.399 e. The van der Waals surface area contributed by atoms with Crippen molar-refractivity contribution in [2.45, 2.75) is 39.0 Å². The van der Waals surface area contributed by atoms with Gasteiger partial charge < -0.3 is 5.73 Å². The summed E-state index contributed by atoms with van der Waals surface area (Å²) in [7, 11) is 0. The standard InChI is InChI=1S/C14H20N4/c1-3-4-13-16-14(18-17-13)9-10(2)11-5-7-12(15)8-6-11/h5-8,10H,3-4,9,15H2,1-2H3,(H,16,17,18). The molecule has 1 atom stereocenters. The van der Waals surface area contributed by atoms with Gasteiger partial charge in [-0.3, -0.25) is 5.10 Å². The van der Waals surface area contributed by atoms with Gasteiger partial charge in [-0.15, -0.1) is 0 Å². The van der Waals surface area contributed by atoms with Crippen LogP contribution >= 0.6 is 0 Å². The minimum atomic E-state index is 0.410. The molecule has 0 aliphatic heterocycles. The lowest BCUT2D eigenvalue weighted by atomic mass is 9.97. The normalized spacial score (nSPS) is 12.6. The van der Waals surface area contributed by atoms with E-state index in [1.807, 2.05) is 12.1 Å². The molecule has 96 valence electrons. The Morgan fingerprint density at radius 1 is 1.28 bits per heavy atom. The van der Waals surface area contributed by atoms with E-state index in [1.54, 1.807) is 0 Å². The van der Waals surface area contributed by atoms with E-state index in [4.69, 9.17) is 5.73 Å². The van der Waals surface area contributed by atoms with Crippen LogP contribution in [0.4, 0.5) is 5.69 Å². The summed E-state index contributed by atoms with van der Waals surface area (Å²) in [4.78, 5) is 4.49. The number of nitrogens with zero attached hydrogens (tertiary/aromatic N) is 2. The zero-order valence-electron chi connectivity index (χ0n) is 11.0. The molecule has 4 heteroatoms. The summed E-state index contributed by atoms with van der Waals surface area (Å²) < 4.78 is 0. The molecule has 0 spiro atoms. The first-order chi connectivity index (χ1) is 8.69. The van der Waals surface area contributed by atoms with Gasteiger partial charge in [0.2, 0.25) is 0 Å². The van der Waals surface area contributed by atoms with Crippen LogP contribution in [-0.4, -0.2) is 15.2 Å². The van der Waals surface area contributed by atoms with Gasteiger partial charge in [0, 0.05) is 18.5 Å². The number of aromatic amines is 1. The second-order valence-corrected chi connectivity index (χ2v) is 4.72. The Balaban J connectivity index is 2.01. The molecular formula is C14H20N4. The average Bonchev–Trinajstić information content (AvgIpc) is 2.78. The van der Waals surface area contributed by atoms with E-state index in [0.29, 0.717) is 5.92 Å². The highest BCUT2D eigenvalue weighted by Gasteiger charge is 2.10. The maximum atomic E-state index is 5.69. The second-order valence-electron chi connectivity index (χ2n) is 4.72. The zero-order valence-corrected chi connectivity index (χ0v) is 11.0. The van der Waals surface area contributed by atoms with Crippen LogP contribution in [0.15, 0.2) is 24.3 Å². The molecule has 1 aromatic carbocycles. The van der Waals surface area contributed by atoms with Crippen molar-refractivity contribution in [1.82, 2.24) is 15.2 Å². The lowest BCUT2D eigenvalue weighted by Crippen LogP contribution is -2.00. The van der Waals surface area contributed by atoms with Gasteiger partial charge >= 0.3 is 0 Å². The van der Waals surface area contributed by atoms with Crippen LogP contribution in [0, 0.1) is 0 Å². The van der Waals surface area contributed by atoms with Crippen LogP contribution in [0.25, 0.3) is 0 Å². The van der Waals surface area contributed by atoms with E-state index in [0.717, 1.165) is 36.6 Å². The van der Waals surface area contributed by atoms with E-state index in [2.05, 4.69) is 41.2 Å². The molecule has 0 bridgehead atoms. The smallest absolute Gasteiger partial charge is 0.150 e. The number of benzene rings is 1. The first kappa shape index (κ1) is 12.6. The monoisotopic (exact) mass is 244 g/mol. The predicted octanol–water partition coefficient (Wildman–Crippen LogP) is 2.69. The molecule has 18 heavy (non-hydrogen) atoms. The van der Waals surface area contributed by atoms with Crippen molar-refractivity contribution in [1.29, 1.82) is 0 Å². The number of hydrogen-bond donors (Lipinski definition) is 2. The van der Waals surface area contributed by atoms with Crippen LogP contribution in [-0.2, 0) is 12.8 Å². The first-order valence-electron chi connectivity index (χ1n) is 6.44. The van der Waals surface area contributed by atoms with E-state index in [-0.39, 0.29) is 0 Å². The topological polar surface area (TPSA) is 67.6 Å². The number of nitrogens with one attached hydrogen (secondary N) is 1. The number of aryl methyl sites for hydroxylation is 1. The zero-order chi connectivity index (χ0) is 13.0. The molecule has 3 N–H and O–H groups in total. The summed E-state index contributed by atoms with van der Waals surface area (Å²) in [5.74, 6) is 2.29. The van der Waals surface area contributed by atoms with Gasteiger partial charge in [0.05, 0.1) is 0 Å². The Labute approximate surface area is 108 Å². The van der Waals surface area contributed by atoms with Crippen LogP contribution in [0.3, 0.4) is 0 Å². The van der Waals surface area contributed by atoms with E-state index >= 15 is 0 Å². The maximum absolute atomic E-state index is 5.69. The van der Waals surface area contributed by atoms with Crippen LogP contribution in [0.1, 0.15) is 43.4 Å². The molecular weight excluding hydrogens is 224 g/mol. The quantitative estimate of drug-likeness (QED) is 0.795. The second kappa shape index (κ2) is 5.67. The van der Waals surface area contributed by atoms with Crippen molar-refractivity contribution in [3.8, 4) is 0 Å². The highest BCUT2D eigenvalue weighted by Crippen LogP contribution is 2.19. The molecule has 0 aliphatic rings. The number of nitrogens with two attached hydrogens (primary N) is 1. The molecule has 2 aromatic rings. The van der Waals surface area contributed by atoms with E-state index < -0.39 is 0 Å². The molecule has 0 amide bonds. The molecule has 0 fully saturated rings. The summed E-state index contributed by atoms with van der Waals surface area (Å²) >= 11 is 0. The third-order valence-corrected chi connectivity index (χ3v) is 3.06. The summed E-state index contributed by atoms with van der Waals surface area (Å²) in [5, 5.41) is 7.23. The molecule has 4 nitrogen and oxygen atoms in total. The number of hydrogen-bond acceptors (Lipinski definition) is 3. The Morgan fingerprint density at radius 3 is 2.67 bits per heavy atom. The van der Waals surface area contributed by atoms with Crippen molar-refractivity contribution < 1.29 is 0 Å². The van der Waals surface area contributed by atoms with E-state index in [9.17, 15) is 0 Å². The van der Waals surface area contributed by atoms with Crippen molar-refractivity contribution in [3.05, 3.63) is 41.5 Å². The number of nitrogen functional groups attached to an aromatic ring is 1. The van der Waals surface area contributed by atoms with Gasteiger partial charge in [0.25, 0.3) is 0 Å². The summed E-state index contributed by atoms with van der Waals surface area (Å²) in [6, 6.07) is 8.02. The molecule has 1 heterocycles. The molecule has 0 saturated carbocycles. The molecule has 0 radical (unpaired) electrons. The summed E-state index contributed by atoms with van der Waals surface area (Å²) in [6.07, 6.45) is 2.89. The lowest BCUT2D eigenvalue weighted by Gasteiger charge is -2.09. The summed E-state index contributed by atoms with van der Waals surface area (Å²) in [5.41, 5.74) is 7.76. The SMILES string of the molecule is CCCc1n[nH]c(CC(C)c2ccc(N)cc2)n1. The number of anilines is 1. The van der Waals surface area contributed by atoms with Gasteiger partial charge in [-0.25, -0.2) is 4.98 Å². The van der Waals surface area contributed by atoms with Gasteiger partial charge in [0.1, 0.15) is 5.82 Å². The lowest BCUT2D eigenvalue weighted by molar-refractivity contribution is 0.720. The fourth-order valence-electron chi connectivity index (χ4n) is 1.99. The van der Waals surface area contributed by atoms with Crippen molar-refractivity contribution in [3.63, 3.8) is 0 Å². The first-order valence-corrected chi connectivity index (χ1v) is 6.44. The summed E-state index contributed by atoms with van der Waals surface area (Å²) in [6.45, 7) is 4.32. The molecule has 1 aromatic heterocycles. The number of aromatic nitrogens is 3. The van der Waals surface area contributed by atoms with Gasteiger partial charge in [-0.2, -0.15) is 5.10 Å². The predicted molar refractivity (Wildman–Crippen MR) is 73.4 cm³/mol. The fraction of sp³-hybridized carbons (Fsp3) is 0.429. The molecule has 2 rings (SSSR count). The van der Waals surface area contributed by atoms with Gasteiger partial charge in [0.15, 0.2) is 5.82 Å². The van der Waals surface area contributed by atoms with Crippen molar-refractivity contribution in [2.24, 2.45) is 0 Å². The number of H-pyrrole nitrogens is 1. The Hall–Kier alpha value is -1.84. The molecule has 1 unspecified atom stereocenters. The highest BCUT2D eigenvalue weighted by atomic mass is 15.2. The largest absolute Gasteiger partial charge is 0.399 e. The third kappa shape index (κ3) is 3.09. The van der Waals surface area contributed by atoms with Crippen LogP contribution in [0.2, 0.25) is 0 Å². The maximum Gasteiger partial charge on any atom is 0.150 e. The molecule has 0 saturated heterocycles. The van der Waals surface area contributed by atoms with Crippen molar-refractivity contribution in [2.75, 3.05) is 5.73 Å². The minimum absolute atomic E-state index is 0.410. The fourth-order valence-corrected chi connectivity index (χ4v) is 1.99. The van der Waals surface area contributed by atoms with Crippen LogP contribution in [0.5, 0.6) is 0 Å². The van der Waals surface area contributed by atoms with E-state index in [1.165, 1.54) is 5.56 Å². The molecule has 0 aliphatic carbocycles. The van der Waals surface area contributed by atoms with Crippen molar-refractivity contribution >= 4 is 5.69 Å². The Bertz CT molecular complexity index is 487. The van der Waals surface area contributed by atoms with Crippen LogP contribution < -0.4 is 5.73 Å². The Kier molecular flexibility index (Phi) is 3.97.